The van der Waals surface area contributed by atoms with E-state index in [1.807, 2.05) is 27.0 Å². The summed E-state index contributed by atoms with van der Waals surface area (Å²) in [5.74, 6) is 0.0362. The Morgan fingerprint density at radius 3 is 2.47 bits per heavy atom. The van der Waals surface area contributed by atoms with Crippen molar-refractivity contribution >= 4 is 0 Å². The van der Waals surface area contributed by atoms with Crippen LogP contribution < -0.4 is 10.1 Å². The average Bonchev–Trinajstić information content (AvgIpc) is 2.21. The molecule has 1 aromatic carbocycles. The van der Waals surface area contributed by atoms with Crippen molar-refractivity contribution in [2.75, 3.05) is 7.05 Å². The summed E-state index contributed by atoms with van der Waals surface area (Å²) >= 11 is 0. The first-order valence-electron chi connectivity index (χ1n) is 5.98. The van der Waals surface area contributed by atoms with Crippen molar-refractivity contribution in [3.63, 3.8) is 0 Å². The summed E-state index contributed by atoms with van der Waals surface area (Å²) in [5.41, 5.74) is 0.935. The van der Waals surface area contributed by atoms with Crippen molar-refractivity contribution in [3.8, 4) is 5.75 Å². The molecule has 96 valence electrons. The fourth-order valence-electron chi connectivity index (χ4n) is 1.60. The van der Waals surface area contributed by atoms with Crippen LogP contribution >= 0.6 is 0 Å². The van der Waals surface area contributed by atoms with E-state index in [-0.39, 0.29) is 17.5 Å². The molecule has 0 saturated carbocycles. The number of rotatable bonds is 5. The van der Waals surface area contributed by atoms with Crippen LogP contribution in [0.15, 0.2) is 18.2 Å². The molecule has 0 spiro atoms. The van der Waals surface area contributed by atoms with E-state index in [4.69, 9.17) is 4.74 Å². The zero-order valence-corrected chi connectivity index (χ0v) is 11.3. The van der Waals surface area contributed by atoms with E-state index >= 15 is 0 Å². The standard InChI is InChI=1S/C14H22FNO/c1-10(2)17-13-7-6-11(8-12(13)15)9-14(3,4)16-5/h6-8,10,16H,9H2,1-5H3. The molecule has 0 amide bonds. The van der Waals surface area contributed by atoms with Crippen molar-refractivity contribution in [3.05, 3.63) is 29.6 Å². The molecule has 1 aromatic rings. The lowest BCUT2D eigenvalue weighted by Gasteiger charge is -2.24. The molecule has 0 bridgehead atoms. The highest BCUT2D eigenvalue weighted by Gasteiger charge is 2.16. The smallest absolute Gasteiger partial charge is 0.165 e. The van der Waals surface area contributed by atoms with Gasteiger partial charge in [0.1, 0.15) is 0 Å². The van der Waals surface area contributed by atoms with Gasteiger partial charge in [-0.1, -0.05) is 6.07 Å². The fraction of sp³-hybridized carbons (Fsp3) is 0.571. The fourth-order valence-corrected chi connectivity index (χ4v) is 1.60. The third-order valence-corrected chi connectivity index (χ3v) is 2.68. The topological polar surface area (TPSA) is 21.3 Å². The molecule has 0 aliphatic heterocycles. The Hall–Kier alpha value is -1.09. The minimum Gasteiger partial charge on any atom is -0.488 e. The quantitative estimate of drug-likeness (QED) is 0.852. The number of hydrogen-bond donors (Lipinski definition) is 1. The second kappa shape index (κ2) is 5.50. The van der Waals surface area contributed by atoms with Gasteiger partial charge in [0.25, 0.3) is 0 Å². The lowest BCUT2D eigenvalue weighted by Crippen LogP contribution is -2.38. The Kier molecular flexibility index (Phi) is 4.52. The number of nitrogens with one attached hydrogen (secondary N) is 1. The molecule has 3 heteroatoms. The maximum absolute atomic E-state index is 13.7. The van der Waals surface area contributed by atoms with E-state index in [0.717, 1.165) is 12.0 Å². The Labute approximate surface area is 103 Å². The van der Waals surface area contributed by atoms with E-state index in [9.17, 15) is 4.39 Å². The number of benzene rings is 1. The minimum absolute atomic E-state index is 0.0101. The maximum Gasteiger partial charge on any atom is 0.165 e. The van der Waals surface area contributed by atoms with Gasteiger partial charge < -0.3 is 10.1 Å². The Morgan fingerprint density at radius 2 is 2.00 bits per heavy atom. The van der Waals surface area contributed by atoms with Crippen LogP contribution in [0.3, 0.4) is 0 Å². The Morgan fingerprint density at radius 1 is 1.35 bits per heavy atom. The molecule has 0 radical (unpaired) electrons. The summed E-state index contributed by atoms with van der Waals surface area (Å²) in [6.07, 6.45) is 0.770. The van der Waals surface area contributed by atoms with Gasteiger partial charge in [-0.15, -0.1) is 0 Å². The Balaban J connectivity index is 2.82. The minimum atomic E-state index is -0.289. The van der Waals surface area contributed by atoms with E-state index in [2.05, 4.69) is 19.2 Å². The molecule has 0 saturated heterocycles. The van der Waals surface area contributed by atoms with Gasteiger partial charge in [0.05, 0.1) is 6.10 Å². The molecule has 0 fully saturated rings. The summed E-state index contributed by atoms with van der Waals surface area (Å²) < 4.78 is 19.1. The van der Waals surface area contributed by atoms with Gasteiger partial charge in [0.15, 0.2) is 11.6 Å². The first kappa shape index (κ1) is 14.0. The van der Waals surface area contributed by atoms with Gasteiger partial charge >= 0.3 is 0 Å². The molecule has 0 heterocycles. The van der Waals surface area contributed by atoms with E-state index in [1.165, 1.54) is 0 Å². The van der Waals surface area contributed by atoms with Crippen LogP contribution in [0, 0.1) is 5.82 Å². The predicted octanol–water partition coefficient (Wildman–Crippen LogP) is 3.15. The van der Waals surface area contributed by atoms with Crippen LogP contribution in [-0.4, -0.2) is 18.7 Å². The van der Waals surface area contributed by atoms with Crippen molar-refractivity contribution < 1.29 is 9.13 Å². The molecule has 2 nitrogen and oxygen atoms in total. The zero-order chi connectivity index (χ0) is 13.1. The zero-order valence-electron chi connectivity index (χ0n) is 11.3. The summed E-state index contributed by atoms with van der Waals surface area (Å²) in [5, 5.41) is 3.20. The van der Waals surface area contributed by atoms with Crippen LogP contribution in [0.4, 0.5) is 4.39 Å². The first-order chi connectivity index (χ1) is 7.84. The van der Waals surface area contributed by atoms with Gasteiger partial charge in [-0.25, -0.2) is 4.39 Å². The molecule has 0 aliphatic carbocycles. The number of likely N-dealkylation sites (N-methyl/N-ethyl adjacent to an activating group) is 1. The van der Waals surface area contributed by atoms with Crippen LogP contribution in [0.5, 0.6) is 5.75 Å². The van der Waals surface area contributed by atoms with Crippen molar-refractivity contribution in [2.45, 2.75) is 45.8 Å². The number of halogens is 1. The van der Waals surface area contributed by atoms with Crippen LogP contribution in [-0.2, 0) is 6.42 Å². The summed E-state index contributed by atoms with van der Waals surface area (Å²) in [4.78, 5) is 0. The lowest BCUT2D eigenvalue weighted by molar-refractivity contribution is 0.231. The molecule has 0 aromatic heterocycles. The first-order valence-corrected chi connectivity index (χ1v) is 5.98. The number of hydrogen-bond acceptors (Lipinski definition) is 2. The van der Waals surface area contributed by atoms with Crippen molar-refractivity contribution in [2.24, 2.45) is 0 Å². The Bertz CT molecular complexity index is 374. The summed E-state index contributed by atoms with van der Waals surface area (Å²) in [6.45, 7) is 7.95. The molecule has 0 aliphatic rings. The van der Waals surface area contributed by atoms with Crippen LogP contribution in [0.2, 0.25) is 0 Å². The van der Waals surface area contributed by atoms with E-state index in [1.54, 1.807) is 12.1 Å². The largest absolute Gasteiger partial charge is 0.488 e. The van der Waals surface area contributed by atoms with Crippen molar-refractivity contribution in [1.82, 2.24) is 5.32 Å². The van der Waals surface area contributed by atoms with Gasteiger partial charge in [-0.3, -0.25) is 0 Å². The predicted molar refractivity (Wildman–Crippen MR) is 69.0 cm³/mol. The third kappa shape index (κ3) is 4.35. The number of ether oxygens (including phenoxy) is 1. The van der Waals surface area contributed by atoms with E-state index < -0.39 is 0 Å². The van der Waals surface area contributed by atoms with Gasteiger partial charge in [0.2, 0.25) is 0 Å². The van der Waals surface area contributed by atoms with E-state index in [0.29, 0.717) is 5.75 Å². The highest BCUT2D eigenvalue weighted by atomic mass is 19.1. The molecule has 1 N–H and O–H groups in total. The van der Waals surface area contributed by atoms with Gasteiger partial charge in [-0.2, -0.15) is 0 Å². The summed E-state index contributed by atoms with van der Waals surface area (Å²) in [7, 11) is 1.91. The van der Waals surface area contributed by atoms with Gasteiger partial charge in [-0.05, 0) is 58.9 Å². The monoisotopic (exact) mass is 239 g/mol. The molecule has 1 rings (SSSR count). The average molecular weight is 239 g/mol. The highest BCUT2D eigenvalue weighted by Crippen LogP contribution is 2.22. The molecule has 0 unspecified atom stereocenters. The molecule has 17 heavy (non-hydrogen) atoms. The normalized spacial score (nSPS) is 11.9. The van der Waals surface area contributed by atoms with Crippen LogP contribution in [0.1, 0.15) is 33.3 Å². The van der Waals surface area contributed by atoms with Gasteiger partial charge in [0, 0.05) is 5.54 Å². The molecular weight excluding hydrogens is 217 g/mol. The summed E-state index contributed by atoms with van der Waals surface area (Å²) in [6, 6.07) is 5.17. The second-order valence-electron chi connectivity index (χ2n) is 5.24. The van der Waals surface area contributed by atoms with Crippen molar-refractivity contribution in [1.29, 1.82) is 0 Å². The molecule has 0 atom stereocenters. The molecular formula is C14H22FNO. The lowest BCUT2D eigenvalue weighted by atomic mass is 9.95. The maximum atomic E-state index is 13.7. The van der Waals surface area contributed by atoms with Crippen LogP contribution in [0.25, 0.3) is 0 Å². The third-order valence-electron chi connectivity index (χ3n) is 2.68. The SMILES string of the molecule is CNC(C)(C)Cc1ccc(OC(C)C)c(F)c1. The highest BCUT2D eigenvalue weighted by molar-refractivity contribution is 5.30. The second-order valence-corrected chi connectivity index (χ2v) is 5.24.